The van der Waals surface area contributed by atoms with E-state index in [1.165, 1.54) is 23.9 Å². The molecule has 7 nitrogen and oxygen atoms in total. The standard InChI is InChI=1S/C21H20F2N4O3S/c1-3-12-27-19(14-4-8-17(9-5-14)30-20(22)23)25-26-21(27)31-13-18(28)24-15-6-10-16(29-2)11-7-15/h3-11,20H,1,12-13H2,2H3,(H,24,28). The minimum atomic E-state index is -2.89. The number of carbonyl (C=O) groups excluding carboxylic acids is 1. The van der Waals surface area contributed by atoms with Crippen LogP contribution in [0.15, 0.2) is 66.3 Å². The Balaban J connectivity index is 1.68. The Morgan fingerprint density at radius 1 is 1.16 bits per heavy atom. The van der Waals surface area contributed by atoms with Gasteiger partial charge in [0.1, 0.15) is 11.5 Å². The van der Waals surface area contributed by atoms with Crippen LogP contribution in [0.5, 0.6) is 11.5 Å². The lowest BCUT2D eigenvalue weighted by molar-refractivity contribution is -0.113. The summed E-state index contributed by atoms with van der Waals surface area (Å²) in [5.41, 5.74) is 1.33. The van der Waals surface area contributed by atoms with Crippen LogP contribution in [0, 0.1) is 0 Å². The maximum absolute atomic E-state index is 12.3. The molecule has 1 N–H and O–H groups in total. The number of anilines is 1. The van der Waals surface area contributed by atoms with E-state index < -0.39 is 6.61 Å². The van der Waals surface area contributed by atoms with Crippen molar-refractivity contribution in [3.63, 3.8) is 0 Å². The molecule has 0 fully saturated rings. The van der Waals surface area contributed by atoms with Gasteiger partial charge in [-0.2, -0.15) is 8.78 Å². The second kappa shape index (κ2) is 10.6. The number of nitrogens with one attached hydrogen (secondary N) is 1. The van der Waals surface area contributed by atoms with Gasteiger partial charge in [-0.15, -0.1) is 16.8 Å². The zero-order valence-corrected chi connectivity index (χ0v) is 17.4. The van der Waals surface area contributed by atoms with Crippen LogP contribution in [0.1, 0.15) is 0 Å². The Kier molecular flexibility index (Phi) is 7.60. The summed E-state index contributed by atoms with van der Waals surface area (Å²) in [5.74, 6) is 1.21. The number of thioether (sulfide) groups is 1. The molecule has 0 aliphatic rings. The van der Waals surface area contributed by atoms with E-state index in [4.69, 9.17) is 4.74 Å². The molecule has 3 aromatic rings. The van der Waals surface area contributed by atoms with E-state index >= 15 is 0 Å². The van der Waals surface area contributed by atoms with Crippen LogP contribution in [0.4, 0.5) is 14.5 Å². The number of carbonyl (C=O) groups is 1. The van der Waals surface area contributed by atoms with Crippen LogP contribution >= 0.6 is 11.8 Å². The van der Waals surface area contributed by atoms with Gasteiger partial charge in [-0.05, 0) is 48.5 Å². The molecule has 0 atom stereocenters. The highest BCUT2D eigenvalue weighted by molar-refractivity contribution is 7.99. The molecule has 0 bridgehead atoms. The lowest BCUT2D eigenvalue weighted by atomic mass is 10.2. The van der Waals surface area contributed by atoms with Crippen LogP contribution in [0.3, 0.4) is 0 Å². The van der Waals surface area contributed by atoms with E-state index in [0.717, 1.165) is 0 Å². The van der Waals surface area contributed by atoms with Gasteiger partial charge < -0.3 is 14.8 Å². The fourth-order valence-corrected chi connectivity index (χ4v) is 3.44. The summed E-state index contributed by atoms with van der Waals surface area (Å²) in [6.45, 7) is 1.27. The largest absolute Gasteiger partial charge is 0.497 e. The number of aromatic nitrogens is 3. The summed E-state index contributed by atoms with van der Waals surface area (Å²) >= 11 is 1.23. The number of nitrogens with zero attached hydrogens (tertiary/aromatic N) is 3. The maximum atomic E-state index is 12.3. The molecular formula is C21H20F2N4O3S. The van der Waals surface area contributed by atoms with E-state index in [1.807, 2.05) is 0 Å². The van der Waals surface area contributed by atoms with Crippen molar-refractivity contribution in [2.75, 3.05) is 18.2 Å². The lowest BCUT2D eigenvalue weighted by Gasteiger charge is -2.09. The van der Waals surface area contributed by atoms with Gasteiger partial charge in [-0.3, -0.25) is 9.36 Å². The van der Waals surface area contributed by atoms with Crippen molar-refractivity contribution in [1.29, 1.82) is 0 Å². The second-order valence-corrected chi connectivity index (χ2v) is 7.12. The lowest BCUT2D eigenvalue weighted by Crippen LogP contribution is -2.14. The Bertz CT molecular complexity index is 1020. The van der Waals surface area contributed by atoms with Crippen molar-refractivity contribution >= 4 is 23.4 Å². The molecule has 3 rings (SSSR count). The van der Waals surface area contributed by atoms with Crippen LogP contribution in [-0.2, 0) is 11.3 Å². The first kappa shape index (κ1) is 22.3. The summed E-state index contributed by atoms with van der Waals surface area (Å²) in [7, 11) is 1.57. The minimum Gasteiger partial charge on any atom is -0.497 e. The average molecular weight is 446 g/mol. The van der Waals surface area contributed by atoms with Gasteiger partial charge in [0.25, 0.3) is 0 Å². The number of hydrogen-bond donors (Lipinski definition) is 1. The van der Waals surface area contributed by atoms with E-state index in [9.17, 15) is 13.6 Å². The first-order valence-corrected chi connectivity index (χ1v) is 10.1. The quantitative estimate of drug-likeness (QED) is 0.366. The maximum Gasteiger partial charge on any atom is 0.387 e. The van der Waals surface area contributed by atoms with Crippen LogP contribution in [0.25, 0.3) is 11.4 Å². The Morgan fingerprint density at radius 3 is 2.45 bits per heavy atom. The van der Waals surface area contributed by atoms with E-state index in [0.29, 0.717) is 34.5 Å². The number of allylic oxidation sites excluding steroid dienone is 1. The van der Waals surface area contributed by atoms with Crippen molar-refractivity contribution < 1.29 is 23.0 Å². The molecular weight excluding hydrogens is 426 g/mol. The molecule has 0 spiro atoms. The zero-order valence-electron chi connectivity index (χ0n) is 16.6. The third-order valence-corrected chi connectivity index (χ3v) is 5.04. The van der Waals surface area contributed by atoms with E-state index in [-0.39, 0.29) is 17.4 Å². The minimum absolute atomic E-state index is 0.0540. The molecule has 10 heteroatoms. The highest BCUT2D eigenvalue weighted by Crippen LogP contribution is 2.26. The molecule has 0 saturated carbocycles. The molecule has 1 amide bonds. The van der Waals surface area contributed by atoms with Crippen molar-refractivity contribution in [2.45, 2.75) is 18.3 Å². The van der Waals surface area contributed by atoms with Crippen LogP contribution < -0.4 is 14.8 Å². The molecule has 0 unspecified atom stereocenters. The first-order chi connectivity index (χ1) is 15.0. The predicted molar refractivity (Wildman–Crippen MR) is 115 cm³/mol. The van der Waals surface area contributed by atoms with E-state index in [2.05, 4.69) is 26.8 Å². The normalized spacial score (nSPS) is 10.7. The van der Waals surface area contributed by atoms with E-state index in [1.54, 1.807) is 54.2 Å². The number of ether oxygens (including phenoxy) is 2. The smallest absolute Gasteiger partial charge is 0.387 e. The van der Waals surface area contributed by atoms with Crippen molar-refractivity contribution in [3.05, 3.63) is 61.2 Å². The SMILES string of the molecule is C=CCn1c(SCC(=O)Nc2ccc(OC)cc2)nnc1-c1ccc(OC(F)F)cc1. The summed E-state index contributed by atoms with van der Waals surface area (Å²) < 4.78 is 35.9. The third kappa shape index (κ3) is 6.05. The fourth-order valence-electron chi connectivity index (χ4n) is 2.69. The van der Waals surface area contributed by atoms with Gasteiger partial charge in [-0.1, -0.05) is 17.8 Å². The number of rotatable bonds is 10. The van der Waals surface area contributed by atoms with Gasteiger partial charge in [0.05, 0.1) is 12.9 Å². The number of methoxy groups -OCH3 is 1. The number of benzene rings is 2. The molecule has 0 saturated heterocycles. The molecule has 31 heavy (non-hydrogen) atoms. The summed E-state index contributed by atoms with van der Waals surface area (Å²) in [5, 5.41) is 11.7. The molecule has 0 radical (unpaired) electrons. The van der Waals surface area contributed by atoms with Gasteiger partial charge in [0.15, 0.2) is 11.0 Å². The average Bonchev–Trinajstić information content (AvgIpc) is 3.16. The molecule has 0 aliphatic heterocycles. The van der Waals surface area contributed by atoms with Crippen molar-refractivity contribution in [1.82, 2.24) is 14.8 Å². The third-order valence-electron chi connectivity index (χ3n) is 4.07. The highest BCUT2D eigenvalue weighted by atomic mass is 32.2. The second-order valence-electron chi connectivity index (χ2n) is 6.17. The number of alkyl halides is 2. The Morgan fingerprint density at radius 2 is 1.84 bits per heavy atom. The monoisotopic (exact) mass is 446 g/mol. The van der Waals surface area contributed by atoms with Gasteiger partial charge in [-0.25, -0.2) is 0 Å². The van der Waals surface area contributed by atoms with Crippen molar-refractivity contribution in [3.8, 4) is 22.9 Å². The van der Waals surface area contributed by atoms with Crippen LogP contribution in [0.2, 0.25) is 0 Å². The van der Waals surface area contributed by atoms with Gasteiger partial charge in [0, 0.05) is 17.8 Å². The highest BCUT2D eigenvalue weighted by Gasteiger charge is 2.15. The first-order valence-electron chi connectivity index (χ1n) is 9.16. The summed E-state index contributed by atoms with van der Waals surface area (Å²) in [6.07, 6.45) is 1.68. The topological polar surface area (TPSA) is 78.3 Å². The van der Waals surface area contributed by atoms with Crippen LogP contribution in [-0.4, -0.2) is 40.1 Å². The zero-order chi connectivity index (χ0) is 22.2. The summed E-state index contributed by atoms with van der Waals surface area (Å²) in [4.78, 5) is 12.3. The molecule has 1 aromatic heterocycles. The number of amides is 1. The van der Waals surface area contributed by atoms with Crippen molar-refractivity contribution in [2.24, 2.45) is 0 Å². The molecule has 1 heterocycles. The number of hydrogen-bond acceptors (Lipinski definition) is 6. The Hall–Kier alpha value is -3.40. The summed E-state index contributed by atoms with van der Waals surface area (Å²) in [6, 6.07) is 13.1. The fraction of sp³-hybridized carbons (Fsp3) is 0.190. The molecule has 162 valence electrons. The Labute approximate surface area is 182 Å². The van der Waals surface area contributed by atoms with Gasteiger partial charge in [0.2, 0.25) is 5.91 Å². The van der Waals surface area contributed by atoms with Gasteiger partial charge >= 0.3 is 6.61 Å². The number of halogens is 2. The molecule has 0 aliphatic carbocycles. The predicted octanol–water partition coefficient (Wildman–Crippen LogP) is 4.47. The molecule has 2 aromatic carbocycles.